The van der Waals surface area contributed by atoms with Gasteiger partial charge in [-0.3, -0.25) is 9.78 Å². The molecule has 1 fully saturated rings. The molecule has 2 atom stereocenters. The first kappa shape index (κ1) is 26.5. The highest BCUT2D eigenvalue weighted by Crippen LogP contribution is 2.35. The number of ether oxygens (including phenoxy) is 1. The molecule has 6 heterocycles. The summed E-state index contributed by atoms with van der Waals surface area (Å²) in [7, 11) is 0. The van der Waals surface area contributed by atoms with Crippen molar-refractivity contribution < 1.29 is 13.9 Å². The Balaban J connectivity index is 1.65. The van der Waals surface area contributed by atoms with E-state index in [9.17, 15) is 9.59 Å². The van der Waals surface area contributed by atoms with Crippen LogP contribution in [0.1, 0.15) is 39.3 Å². The van der Waals surface area contributed by atoms with Crippen LogP contribution in [0.2, 0.25) is 0 Å². The van der Waals surface area contributed by atoms with Crippen molar-refractivity contribution in [2.75, 3.05) is 24.6 Å². The Morgan fingerprint density at radius 2 is 2.02 bits per heavy atom. The predicted octanol–water partition coefficient (Wildman–Crippen LogP) is 2.70. The monoisotopic (exact) mass is 559 g/mol. The molecule has 2 unspecified atom stereocenters. The van der Waals surface area contributed by atoms with Gasteiger partial charge in [-0.1, -0.05) is 25.6 Å². The molecule has 4 aromatic rings. The van der Waals surface area contributed by atoms with Gasteiger partial charge in [-0.25, -0.2) is 23.4 Å². The Morgan fingerprint density at radius 3 is 2.78 bits per heavy atom. The van der Waals surface area contributed by atoms with Crippen LogP contribution in [0, 0.1) is 5.82 Å². The number of carbonyl (C=O) groups is 1. The van der Waals surface area contributed by atoms with Gasteiger partial charge in [-0.15, -0.1) is 5.10 Å². The summed E-state index contributed by atoms with van der Waals surface area (Å²) in [5, 5.41) is 8.56. The highest BCUT2D eigenvalue weighted by atomic mass is 19.1. The molecule has 1 saturated heterocycles. The van der Waals surface area contributed by atoms with Crippen LogP contribution in [0.4, 0.5) is 10.2 Å². The molecule has 1 amide bonds. The highest BCUT2D eigenvalue weighted by molar-refractivity contribution is 5.91. The van der Waals surface area contributed by atoms with Gasteiger partial charge in [-0.05, 0) is 31.9 Å². The van der Waals surface area contributed by atoms with Gasteiger partial charge in [0.25, 0.3) is 0 Å². The lowest BCUT2D eigenvalue weighted by Gasteiger charge is -2.44. The smallest absolute Gasteiger partial charge is 0.356 e. The number of hydrogen-bond acceptors (Lipinski definition) is 9. The minimum Gasteiger partial charge on any atom is -0.489 e. The quantitative estimate of drug-likeness (QED) is 0.349. The average molecular weight is 560 g/mol. The maximum absolute atomic E-state index is 15.8. The van der Waals surface area contributed by atoms with Gasteiger partial charge in [0, 0.05) is 37.4 Å². The van der Waals surface area contributed by atoms with Crippen LogP contribution in [0.15, 0.2) is 42.0 Å². The van der Waals surface area contributed by atoms with Crippen molar-refractivity contribution in [1.82, 2.24) is 39.4 Å². The fourth-order valence-corrected chi connectivity index (χ4v) is 5.53. The van der Waals surface area contributed by atoms with E-state index in [-0.39, 0.29) is 53.4 Å². The lowest BCUT2D eigenvalue weighted by molar-refractivity contribution is -0.128. The topological polar surface area (TPSA) is 124 Å². The number of hydrogen-bond donors (Lipinski definition) is 0. The fraction of sp³-hybridized carbons (Fsp3) is 0.393. The molecule has 4 aromatic heterocycles. The number of amides is 1. The third-order valence-corrected chi connectivity index (χ3v) is 7.56. The summed E-state index contributed by atoms with van der Waals surface area (Å²) in [6.07, 6.45) is 4.52. The number of rotatable bonds is 3. The van der Waals surface area contributed by atoms with Crippen molar-refractivity contribution in [3.63, 3.8) is 0 Å². The molecule has 0 radical (unpaired) electrons. The second-order valence-electron chi connectivity index (χ2n) is 10.7. The second kappa shape index (κ2) is 10.1. The molecule has 0 saturated carbocycles. The summed E-state index contributed by atoms with van der Waals surface area (Å²) < 4.78 is 24.9. The first-order valence-corrected chi connectivity index (χ1v) is 13.5. The van der Waals surface area contributed by atoms with Crippen molar-refractivity contribution in [2.24, 2.45) is 0 Å². The zero-order chi connectivity index (χ0) is 29.0. The van der Waals surface area contributed by atoms with E-state index in [1.54, 1.807) is 28.0 Å². The van der Waals surface area contributed by atoms with Crippen LogP contribution >= 0.6 is 0 Å². The number of nitrogens with zero attached hydrogens (tertiary/aromatic N) is 9. The Morgan fingerprint density at radius 1 is 1.22 bits per heavy atom. The van der Waals surface area contributed by atoms with Crippen LogP contribution in [0.3, 0.4) is 0 Å². The van der Waals surface area contributed by atoms with E-state index in [1.807, 2.05) is 32.6 Å². The van der Waals surface area contributed by atoms with E-state index >= 15 is 4.39 Å². The van der Waals surface area contributed by atoms with Crippen molar-refractivity contribution in [3.05, 3.63) is 59.2 Å². The molecule has 2 aliphatic heterocycles. The molecule has 13 heteroatoms. The van der Waals surface area contributed by atoms with Gasteiger partial charge in [-0.2, -0.15) is 4.98 Å². The van der Waals surface area contributed by atoms with Gasteiger partial charge in [0.1, 0.15) is 35.2 Å². The lowest BCUT2D eigenvalue weighted by atomic mass is 10.1. The molecular formula is C28H30FN9O3. The van der Waals surface area contributed by atoms with Crippen LogP contribution in [0.25, 0.3) is 28.1 Å². The molecule has 6 rings (SSSR count). The van der Waals surface area contributed by atoms with Crippen molar-refractivity contribution in [2.45, 2.75) is 52.2 Å². The van der Waals surface area contributed by atoms with E-state index in [0.717, 1.165) is 0 Å². The first-order valence-electron chi connectivity index (χ1n) is 13.5. The standard InChI is InChI=1S/C28H30FN9O3/c1-6-22(39)36-12-17(5)37(13-16(36)4)26-18-11-19(29)24-20-14-35(34-33-20)9-10-41-21-7-8-30-23(15(2)3)25(21)38(27(18)31-24)28(40)32-26/h6-8,11,14-17H,1,9-10,12-13H2,2-5H3. The maximum atomic E-state index is 15.8. The number of carbonyl (C=O) groups excluding carboxylic acids is 1. The molecule has 4 bridgehead atoms. The first-order chi connectivity index (χ1) is 19.7. The van der Waals surface area contributed by atoms with Gasteiger partial charge in [0.05, 0.1) is 23.8 Å². The molecule has 12 nitrogen and oxygen atoms in total. The summed E-state index contributed by atoms with van der Waals surface area (Å²) in [6, 6.07) is 2.60. The summed E-state index contributed by atoms with van der Waals surface area (Å²) >= 11 is 0. The van der Waals surface area contributed by atoms with Crippen LogP contribution in [-0.2, 0) is 11.3 Å². The number of halogens is 1. The third kappa shape index (κ3) is 4.41. The molecule has 0 aliphatic carbocycles. The number of aromatic nitrogens is 7. The van der Waals surface area contributed by atoms with Gasteiger partial charge >= 0.3 is 5.69 Å². The van der Waals surface area contributed by atoms with Crippen molar-refractivity contribution in [1.29, 1.82) is 0 Å². The molecule has 212 valence electrons. The molecule has 0 N–H and O–H groups in total. The van der Waals surface area contributed by atoms with Crippen molar-refractivity contribution >= 4 is 22.8 Å². The van der Waals surface area contributed by atoms with E-state index in [0.29, 0.717) is 42.2 Å². The Kier molecular flexibility index (Phi) is 6.51. The Hall–Kier alpha value is -4.68. The number of piperazine rings is 1. The second-order valence-corrected chi connectivity index (χ2v) is 10.7. The lowest BCUT2D eigenvalue weighted by Crippen LogP contribution is -2.58. The number of fused-ring (bicyclic) bond motifs is 6. The predicted molar refractivity (Wildman–Crippen MR) is 150 cm³/mol. The van der Waals surface area contributed by atoms with Gasteiger partial charge in [0.2, 0.25) is 5.91 Å². The molecule has 41 heavy (non-hydrogen) atoms. The summed E-state index contributed by atoms with van der Waals surface area (Å²) in [6.45, 7) is 12.7. The summed E-state index contributed by atoms with van der Waals surface area (Å²) in [5.74, 6) is -0.157. The zero-order valence-corrected chi connectivity index (χ0v) is 23.3. The van der Waals surface area contributed by atoms with E-state index in [2.05, 4.69) is 26.9 Å². The fourth-order valence-electron chi connectivity index (χ4n) is 5.53. The molecule has 0 aromatic carbocycles. The minimum absolute atomic E-state index is 0.0325. The van der Waals surface area contributed by atoms with Gasteiger partial charge in [0.15, 0.2) is 11.5 Å². The minimum atomic E-state index is -0.622. The Labute approximate surface area is 235 Å². The summed E-state index contributed by atoms with van der Waals surface area (Å²) in [4.78, 5) is 43.9. The highest BCUT2D eigenvalue weighted by Gasteiger charge is 2.34. The molecule has 2 aliphatic rings. The van der Waals surface area contributed by atoms with E-state index in [4.69, 9.17) is 9.72 Å². The normalized spacial score (nSPS) is 18.6. The maximum Gasteiger partial charge on any atom is 0.356 e. The molecule has 0 spiro atoms. The van der Waals surface area contributed by atoms with Gasteiger partial charge < -0.3 is 14.5 Å². The van der Waals surface area contributed by atoms with Crippen LogP contribution in [-0.4, -0.2) is 77.1 Å². The number of pyridine rings is 2. The molecular weight excluding hydrogens is 529 g/mol. The summed E-state index contributed by atoms with van der Waals surface area (Å²) in [5.41, 5.74) is 0.806. The zero-order valence-electron chi connectivity index (χ0n) is 23.3. The van der Waals surface area contributed by atoms with E-state index < -0.39 is 11.5 Å². The van der Waals surface area contributed by atoms with E-state index in [1.165, 1.54) is 16.7 Å². The Bertz CT molecular complexity index is 1750. The number of anilines is 1. The van der Waals surface area contributed by atoms with Crippen molar-refractivity contribution in [3.8, 4) is 22.8 Å². The van der Waals surface area contributed by atoms with Crippen LogP contribution < -0.4 is 15.3 Å². The third-order valence-electron chi connectivity index (χ3n) is 7.56. The largest absolute Gasteiger partial charge is 0.489 e. The SMILES string of the molecule is C=CC(=O)N1CC(C)N(c2nc(=O)n3c4nc(c(F)cc24)-c2cn(nn2)CCOc2ccnc(C(C)C)c2-3)CC1C. The average Bonchev–Trinajstić information content (AvgIpc) is 3.41. The van der Waals surface area contributed by atoms with Crippen LogP contribution in [0.5, 0.6) is 5.75 Å².